The lowest BCUT2D eigenvalue weighted by atomic mass is 10.1. The molecule has 0 aliphatic heterocycles. The van der Waals surface area contributed by atoms with Crippen LogP contribution in [0, 0.1) is 12.7 Å². The first-order chi connectivity index (χ1) is 14.7. The number of halogens is 1. The molecule has 3 aromatic rings. The normalized spacial score (nSPS) is 12.9. The van der Waals surface area contributed by atoms with Gasteiger partial charge in [-0.2, -0.15) is 0 Å². The molecule has 0 spiro atoms. The first kappa shape index (κ1) is 22.1. The molecule has 0 aliphatic rings. The zero-order chi connectivity index (χ0) is 22.7. The number of rotatable bonds is 6. The molecule has 0 saturated carbocycles. The number of amides is 1. The van der Waals surface area contributed by atoms with E-state index < -0.39 is 18.0 Å². The second-order valence-corrected chi connectivity index (χ2v) is 7.28. The monoisotopic (exact) mass is 425 g/mol. The van der Waals surface area contributed by atoms with E-state index in [0.29, 0.717) is 23.3 Å². The van der Waals surface area contributed by atoms with Gasteiger partial charge in [0.1, 0.15) is 11.5 Å². The highest BCUT2D eigenvalue weighted by atomic mass is 19.1. The van der Waals surface area contributed by atoms with E-state index >= 15 is 0 Å². The average Bonchev–Trinajstić information content (AvgIpc) is 2.74. The lowest BCUT2D eigenvalue weighted by Crippen LogP contribution is -2.37. The molecular weight excluding hydrogens is 401 g/mol. The number of aromatic nitrogens is 2. The Hall–Kier alpha value is -3.55. The average molecular weight is 425 g/mol. The number of esters is 1. The van der Waals surface area contributed by atoms with Crippen molar-refractivity contribution < 1.29 is 18.7 Å². The van der Waals surface area contributed by atoms with Gasteiger partial charge in [-0.05, 0) is 63.6 Å². The fraction of sp³-hybridized carbons (Fsp3) is 0.304. The Kier molecular flexibility index (Phi) is 6.48. The second kappa shape index (κ2) is 9.07. The maximum atomic E-state index is 13.1. The van der Waals surface area contributed by atoms with Crippen LogP contribution >= 0.6 is 0 Å². The van der Waals surface area contributed by atoms with Crippen molar-refractivity contribution in [1.82, 2.24) is 14.9 Å². The predicted octanol–water partition coefficient (Wildman–Crippen LogP) is 3.29. The highest BCUT2D eigenvalue weighted by Gasteiger charge is 2.21. The number of hydrogen-bond acceptors (Lipinski definition) is 5. The number of nitrogens with zero attached hydrogens (tertiary/aromatic N) is 2. The fourth-order valence-electron chi connectivity index (χ4n) is 3.26. The molecule has 0 aliphatic carbocycles. The van der Waals surface area contributed by atoms with Crippen molar-refractivity contribution in [2.24, 2.45) is 0 Å². The van der Waals surface area contributed by atoms with Crippen LogP contribution in [0.1, 0.15) is 48.4 Å². The third-order valence-corrected chi connectivity index (χ3v) is 5.04. The minimum Gasteiger partial charge on any atom is -0.449 e. The molecule has 1 amide bonds. The lowest BCUT2D eigenvalue weighted by molar-refractivity contribution is -0.129. The fourth-order valence-corrected chi connectivity index (χ4v) is 3.26. The third-order valence-electron chi connectivity index (χ3n) is 5.04. The van der Waals surface area contributed by atoms with Crippen LogP contribution in [-0.2, 0) is 16.1 Å². The van der Waals surface area contributed by atoms with Crippen molar-refractivity contribution in [1.29, 1.82) is 0 Å². The van der Waals surface area contributed by atoms with E-state index in [4.69, 9.17) is 4.74 Å². The Morgan fingerprint density at radius 3 is 2.48 bits per heavy atom. The van der Waals surface area contributed by atoms with Crippen LogP contribution in [0.3, 0.4) is 0 Å². The number of aryl methyl sites for hydroxylation is 2. The second-order valence-electron chi connectivity index (χ2n) is 7.28. The Balaban J connectivity index is 1.72. The molecule has 0 bridgehead atoms. The predicted molar refractivity (Wildman–Crippen MR) is 114 cm³/mol. The van der Waals surface area contributed by atoms with Gasteiger partial charge in [-0.1, -0.05) is 12.1 Å². The lowest BCUT2D eigenvalue weighted by Gasteiger charge is -2.18. The molecule has 8 heteroatoms. The van der Waals surface area contributed by atoms with Gasteiger partial charge in [-0.3, -0.25) is 9.59 Å². The molecule has 2 aromatic carbocycles. The molecule has 1 N–H and O–H groups in total. The number of carbonyl (C=O) groups is 2. The molecule has 0 saturated heterocycles. The molecule has 0 fully saturated rings. The number of hydrogen-bond donors (Lipinski definition) is 1. The van der Waals surface area contributed by atoms with Crippen molar-refractivity contribution in [2.75, 3.05) is 0 Å². The minimum atomic E-state index is -1.04. The first-order valence-electron chi connectivity index (χ1n) is 9.99. The van der Waals surface area contributed by atoms with E-state index in [1.165, 1.54) is 19.1 Å². The van der Waals surface area contributed by atoms with Gasteiger partial charge in [0.25, 0.3) is 11.5 Å². The largest absolute Gasteiger partial charge is 0.449 e. The summed E-state index contributed by atoms with van der Waals surface area (Å²) in [7, 11) is 0. The van der Waals surface area contributed by atoms with Gasteiger partial charge in [0.05, 0.1) is 22.6 Å². The maximum absolute atomic E-state index is 13.1. The van der Waals surface area contributed by atoms with E-state index in [2.05, 4.69) is 10.3 Å². The van der Waals surface area contributed by atoms with Crippen LogP contribution in [0.5, 0.6) is 0 Å². The van der Waals surface area contributed by atoms with Gasteiger partial charge in [0.15, 0.2) is 6.10 Å². The van der Waals surface area contributed by atoms with E-state index in [0.717, 1.165) is 5.56 Å². The van der Waals surface area contributed by atoms with Gasteiger partial charge in [-0.15, -0.1) is 0 Å². The van der Waals surface area contributed by atoms with Crippen LogP contribution in [0.2, 0.25) is 0 Å². The van der Waals surface area contributed by atoms with Gasteiger partial charge in [0, 0.05) is 6.54 Å². The van der Waals surface area contributed by atoms with Crippen LogP contribution in [0.25, 0.3) is 11.0 Å². The molecule has 1 heterocycles. The van der Waals surface area contributed by atoms with Crippen molar-refractivity contribution >= 4 is 22.9 Å². The number of nitrogens with one attached hydrogen (secondary N) is 1. The number of fused-ring (bicyclic) bond motifs is 1. The van der Waals surface area contributed by atoms with Gasteiger partial charge < -0.3 is 14.6 Å². The molecule has 2 atom stereocenters. The molecule has 1 aromatic heterocycles. The summed E-state index contributed by atoms with van der Waals surface area (Å²) >= 11 is 0. The van der Waals surface area contributed by atoms with Crippen LogP contribution < -0.4 is 10.9 Å². The van der Waals surface area contributed by atoms with Crippen molar-refractivity contribution in [2.45, 2.75) is 46.4 Å². The zero-order valence-corrected chi connectivity index (χ0v) is 17.8. The topological polar surface area (TPSA) is 90.3 Å². The Morgan fingerprint density at radius 2 is 1.84 bits per heavy atom. The molecule has 0 radical (unpaired) electrons. The molecule has 162 valence electrons. The third kappa shape index (κ3) is 4.79. The van der Waals surface area contributed by atoms with E-state index in [1.54, 1.807) is 48.7 Å². The van der Waals surface area contributed by atoms with Crippen molar-refractivity contribution in [3.8, 4) is 0 Å². The Bertz CT molecular complexity index is 1190. The zero-order valence-electron chi connectivity index (χ0n) is 17.8. The van der Waals surface area contributed by atoms with Crippen molar-refractivity contribution in [3.63, 3.8) is 0 Å². The summed E-state index contributed by atoms with van der Waals surface area (Å²) in [5.41, 5.74) is 2.23. The van der Waals surface area contributed by atoms with Crippen LogP contribution in [0.4, 0.5) is 4.39 Å². The highest BCUT2D eigenvalue weighted by molar-refractivity contribution is 5.95. The van der Waals surface area contributed by atoms with E-state index in [1.807, 2.05) is 6.92 Å². The summed E-state index contributed by atoms with van der Waals surface area (Å²) in [6.45, 7) is 7.18. The molecule has 3 rings (SSSR count). The van der Waals surface area contributed by atoms with Gasteiger partial charge in [0.2, 0.25) is 0 Å². The SMILES string of the molecule is CCn1c(=O)c(C)nc2cc(C(=O)OC(C)C(=O)NC(C)c3ccc(F)cc3)ccc21. The van der Waals surface area contributed by atoms with E-state index in [-0.39, 0.29) is 23.0 Å². The number of ether oxygens (including phenoxy) is 1. The Labute approximate surface area is 178 Å². The summed E-state index contributed by atoms with van der Waals surface area (Å²) in [6.07, 6.45) is -1.04. The van der Waals surface area contributed by atoms with Gasteiger partial charge >= 0.3 is 5.97 Å². The molecular formula is C23H24FN3O4. The highest BCUT2D eigenvalue weighted by Crippen LogP contribution is 2.16. The van der Waals surface area contributed by atoms with Gasteiger partial charge in [-0.25, -0.2) is 14.2 Å². The summed E-state index contributed by atoms with van der Waals surface area (Å²) in [5.74, 6) is -1.51. The minimum absolute atomic E-state index is 0.175. The standard InChI is InChI=1S/C23H24FN3O4/c1-5-27-20-11-8-17(12-19(20)25-14(3)22(27)29)23(30)31-15(4)21(28)26-13(2)16-6-9-18(24)10-7-16/h6-13,15H,5H2,1-4H3,(H,26,28). The quantitative estimate of drug-likeness (QED) is 0.612. The summed E-state index contributed by atoms with van der Waals surface area (Å²) in [6, 6.07) is 10.1. The molecule has 7 nitrogen and oxygen atoms in total. The number of benzene rings is 2. The maximum Gasteiger partial charge on any atom is 0.338 e. The smallest absolute Gasteiger partial charge is 0.338 e. The Morgan fingerprint density at radius 1 is 1.16 bits per heavy atom. The van der Waals surface area contributed by atoms with Crippen LogP contribution in [0.15, 0.2) is 47.3 Å². The molecule has 2 unspecified atom stereocenters. The molecule has 31 heavy (non-hydrogen) atoms. The summed E-state index contributed by atoms with van der Waals surface area (Å²) in [4.78, 5) is 41.5. The summed E-state index contributed by atoms with van der Waals surface area (Å²) in [5, 5.41) is 2.74. The van der Waals surface area contributed by atoms with Crippen LogP contribution in [-0.4, -0.2) is 27.5 Å². The first-order valence-corrected chi connectivity index (χ1v) is 9.99. The van der Waals surface area contributed by atoms with Crippen molar-refractivity contribution in [3.05, 3.63) is 75.5 Å². The van der Waals surface area contributed by atoms with E-state index in [9.17, 15) is 18.8 Å². The number of carbonyl (C=O) groups excluding carboxylic acids is 2. The summed E-state index contributed by atoms with van der Waals surface area (Å²) < 4.78 is 20.0.